The van der Waals surface area contributed by atoms with Crippen LogP contribution >= 0.6 is 28.1 Å². The van der Waals surface area contributed by atoms with Crippen LogP contribution in [0.4, 0.5) is 0 Å². The summed E-state index contributed by atoms with van der Waals surface area (Å²) in [7, 11) is 2.20. The van der Waals surface area contributed by atoms with E-state index in [0.29, 0.717) is 0 Å². The predicted molar refractivity (Wildman–Crippen MR) is 87.5 cm³/mol. The Morgan fingerprint density at radius 2 is 2.20 bits per heavy atom. The minimum atomic E-state index is 0.776. The average Bonchev–Trinajstić information content (AvgIpc) is 2.73. The molecule has 0 bridgehead atoms. The van der Waals surface area contributed by atoms with Gasteiger partial charge in [0.2, 0.25) is 0 Å². The molecule has 2 aromatic heterocycles. The summed E-state index contributed by atoms with van der Waals surface area (Å²) >= 11 is 8.87. The Labute approximate surface area is 132 Å². The zero-order valence-electron chi connectivity index (χ0n) is 11.6. The molecular weight excluding hydrogens is 336 g/mol. The van der Waals surface area contributed by atoms with E-state index in [4.69, 9.17) is 12.2 Å². The van der Waals surface area contributed by atoms with Crippen LogP contribution in [0.2, 0.25) is 0 Å². The Morgan fingerprint density at radius 1 is 1.45 bits per heavy atom. The van der Waals surface area contributed by atoms with E-state index >= 15 is 0 Å². The fraction of sp³-hybridized carbons (Fsp3) is 0.571. The number of aryl methyl sites for hydroxylation is 1. The highest BCUT2D eigenvalue weighted by Crippen LogP contribution is 2.22. The number of aromatic nitrogens is 3. The Hall–Kier alpha value is -0.720. The molecule has 20 heavy (non-hydrogen) atoms. The molecule has 1 aliphatic heterocycles. The van der Waals surface area contributed by atoms with Crippen molar-refractivity contribution < 1.29 is 0 Å². The molecule has 1 N–H and O–H groups in total. The monoisotopic (exact) mass is 354 g/mol. The van der Waals surface area contributed by atoms with E-state index in [9.17, 15) is 0 Å². The van der Waals surface area contributed by atoms with Gasteiger partial charge in [-0.2, -0.15) is 0 Å². The molecule has 3 heterocycles. The Morgan fingerprint density at radius 3 is 2.95 bits per heavy atom. The molecule has 0 unspecified atom stereocenters. The van der Waals surface area contributed by atoms with Crippen molar-refractivity contribution >= 4 is 39.3 Å². The summed E-state index contributed by atoms with van der Waals surface area (Å²) in [6.07, 6.45) is 5.61. The van der Waals surface area contributed by atoms with Crippen molar-refractivity contribution in [3.8, 4) is 0 Å². The van der Waals surface area contributed by atoms with Gasteiger partial charge in [-0.25, -0.2) is 4.98 Å². The fourth-order valence-electron chi connectivity index (χ4n) is 2.89. The van der Waals surface area contributed by atoms with E-state index in [1.807, 2.05) is 12.3 Å². The molecule has 0 radical (unpaired) electrons. The van der Waals surface area contributed by atoms with Gasteiger partial charge in [0.15, 0.2) is 10.4 Å². The first-order valence-corrected chi connectivity index (χ1v) is 8.26. The highest BCUT2D eigenvalue weighted by atomic mass is 79.9. The molecule has 2 aromatic rings. The number of piperidine rings is 1. The number of halogens is 1. The molecule has 0 spiro atoms. The average molecular weight is 355 g/mol. The van der Waals surface area contributed by atoms with Crippen LogP contribution in [0.5, 0.6) is 0 Å². The van der Waals surface area contributed by atoms with Crippen molar-refractivity contribution in [1.29, 1.82) is 0 Å². The number of hydrogen-bond acceptors (Lipinski definition) is 3. The van der Waals surface area contributed by atoms with Gasteiger partial charge in [-0.05, 0) is 79.5 Å². The Bertz CT molecular complexity index is 655. The molecule has 0 saturated carbocycles. The maximum atomic E-state index is 5.43. The van der Waals surface area contributed by atoms with Crippen LogP contribution in [0, 0.1) is 10.7 Å². The van der Waals surface area contributed by atoms with Crippen LogP contribution in [0.25, 0.3) is 11.2 Å². The molecular formula is C14H19BrN4S. The number of nitrogens with zero attached hydrogens (tertiary/aromatic N) is 3. The van der Waals surface area contributed by atoms with Gasteiger partial charge in [0.25, 0.3) is 0 Å². The SMILES string of the molecule is CN1CCC(CCn2c(=S)[nH]c3cc(Br)cnc32)CC1. The number of aromatic amines is 1. The van der Waals surface area contributed by atoms with Crippen molar-refractivity contribution in [2.45, 2.75) is 25.8 Å². The molecule has 108 valence electrons. The number of H-pyrrole nitrogens is 1. The first kappa shape index (κ1) is 14.2. The minimum Gasteiger partial charge on any atom is -0.329 e. The molecule has 1 saturated heterocycles. The minimum absolute atomic E-state index is 0.776. The highest BCUT2D eigenvalue weighted by Gasteiger charge is 2.17. The van der Waals surface area contributed by atoms with E-state index in [1.54, 1.807) is 0 Å². The summed E-state index contributed by atoms with van der Waals surface area (Å²) in [5.74, 6) is 0.813. The molecule has 0 atom stereocenters. The largest absolute Gasteiger partial charge is 0.329 e. The van der Waals surface area contributed by atoms with E-state index < -0.39 is 0 Å². The number of fused-ring (bicyclic) bond motifs is 1. The second-order valence-corrected chi connectivity index (χ2v) is 6.94. The second kappa shape index (κ2) is 5.95. The maximum Gasteiger partial charge on any atom is 0.179 e. The summed E-state index contributed by atoms with van der Waals surface area (Å²) in [5, 5.41) is 0. The third-order valence-electron chi connectivity index (χ3n) is 4.17. The molecule has 4 nitrogen and oxygen atoms in total. The van der Waals surface area contributed by atoms with Crippen molar-refractivity contribution in [2.75, 3.05) is 20.1 Å². The van der Waals surface area contributed by atoms with Gasteiger partial charge in [0.1, 0.15) is 0 Å². The number of imidazole rings is 1. The lowest BCUT2D eigenvalue weighted by Crippen LogP contribution is -2.30. The van der Waals surface area contributed by atoms with Gasteiger partial charge >= 0.3 is 0 Å². The summed E-state index contributed by atoms with van der Waals surface area (Å²) < 4.78 is 3.89. The smallest absolute Gasteiger partial charge is 0.179 e. The van der Waals surface area contributed by atoms with Crippen molar-refractivity contribution in [1.82, 2.24) is 19.4 Å². The molecule has 6 heteroatoms. The first-order chi connectivity index (χ1) is 9.63. The van der Waals surface area contributed by atoms with Crippen LogP contribution in [-0.4, -0.2) is 39.6 Å². The van der Waals surface area contributed by atoms with Crippen LogP contribution in [0.1, 0.15) is 19.3 Å². The van der Waals surface area contributed by atoms with Gasteiger partial charge in [0.05, 0.1) is 5.52 Å². The van der Waals surface area contributed by atoms with Crippen molar-refractivity contribution in [2.24, 2.45) is 5.92 Å². The highest BCUT2D eigenvalue weighted by molar-refractivity contribution is 9.10. The standard InChI is InChI=1S/C14H19BrN4S/c1-18-5-2-10(3-6-18)4-7-19-13-12(17-14(19)20)8-11(15)9-16-13/h8-10H,2-7H2,1H3,(H,17,20). The number of nitrogens with one attached hydrogen (secondary N) is 1. The van der Waals surface area contributed by atoms with Gasteiger partial charge in [-0.1, -0.05) is 0 Å². The van der Waals surface area contributed by atoms with Gasteiger partial charge in [-0.3, -0.25) is 0 Å². The van der Waals surface area contributed by atoms with Crippen LogP contribution < -0.4 is 0 Å². The molecule has 0 aliphatic carbocycles. The number of likely N-dealkylation sites (tertiary alicyclic amines) is 1. The Kier molecular flexibility index (Phi) is 4.23. The number of rotatable bonds is 3. The predicted octanol–water partition coefficient (Wildman–Crippen LogP) is 3.59. The zero-order valence-corrected chi connectivity index (χ0v) is 14.0. The van der Waals surface area contributed by atoms with Crippen molar-refractivity contribution in [3.05, 3.63) is 21.5 Å². The second-order valence-electron chi connectivity index (χ2n) is 5.64. The number of hydrogen-bond donors (Lipinski definition) is 1. The van der Waals surface area contributed by atoms with E-state index in [0.717, 1.165) is 32.9 Å². The van der Waals surface area contributed by atoms with Crippen LogP contribution in [-0.2, 0) is 6.54 Å². The Balaban J connectivity index is 1.74. The van der Waals surface area contributed by atoms with Crippen molar-refractivity contribution in [3.63, 3.8) is 0 Å². The molecule has 0 aromatic carbocycles. The normalized spacial score (nSPS) is 17.9. The van der Waals surface area contributed by atoms with Gasteiger partial charge in [0, 0.05) is 17.2 Å². The van der Waals surface area contributed by atoms with E-state index in [-0.39, 0.29) is 0 Å². The fourth-order valence-corrected chi connectivity index (χ4v) is 3.51. The molecule has 0 amide bonds. The molecule has 1 fully saturated rings. The quantitative estimate of drug-likeness (QED) is 0.855. The molecule has 1 aliphatic rings. The third-order valence-corrected chi connectivity index (χ3v) is 4.93. The van der Waals surface area contributed by atoms with Crippen LogP contribution in [0.3, 0.4) is 0 Å². The maximum absolute atomic E-state index is 5.43. The van der Waals surface area contributed by atoms with Crippen LogP contribution in [0.15, 0.2) is 16.7 Å². The van der Waals surface area contributed by atoms with Gasteiger partial charge < -0.3 is 14.5 Å². The topological polar surface area (TPSA) is 36.9 Å². The third kappa shape index (κ3) is 2.97. The molecule has 3 rings (SSSR count). The number of pyridine rings is 1. The lowest BCUT2D eigenvalue weighted by atomic mass is 9.94. The summed E-state index contributed by atoms with van der Waals surface area (Å²) in [4.78, 5) is 10.1. The summed E-state index contributed by atoms with van der Waals surface area (Å²) in [5.41, 5.74) is 1.97. The summed E-state index contributed by atoms with van der Waals surface area (Å²) in [6.45, 7) is 3.39. The lowest BCUT2D eigenvalue weighted by Gasteiger charge is -2.28. The lowest BCUT2D eigenvalue weighted by molar-refractivity contribution is 0.208. The van der Waals surface area contributed by atoms with E-state index in [1.165, 1.54) is 32.4 Å². The zero-order chi connectivity index (χ0) is 14.1. The first-order valence-electron chi connectivity index (χ1n) is 7.06. The van der Waals surface area contributed by atoms with Gasteiger partial charge in [-0.15, -0.1) is 0 Å². The summed E-state index contributed by atoms with van der Waals surface area (Å²) in [6, 6.07) is 2.03. The van der Waals surface area contributed by atoms with E-state index in [2.05, 4.69) is 42.4 Å².